The molecule has 0 spiro atoms. The monoisotopic (exact) mass is 330 g/mol. The fourth-order valence-corrected chi connectivity index (χ4v) is 3.44. The number of rotatable bonds is 4. The summed E-state index contributed by atoms with van der Waals surface area (Å²) < 4.78 is 0. The zero-order chi connectivity index (χ0) is 16.1. The number of carbonyl (C=O) groups excluding carboxylic acids is 1. The minimum atomic E-state index is -0.264. The molecular formula is C17H15ClN2OS. The number of halogens is 1. The summed E-state index contributed by atoms with van der Waals surface area (Å²) in [4.78, 5) is 13.1. The summed E-state index contributed by atoms with van der Waals surface area (Å²) in [6, 6.07) is 9.41. The van der Waals surface area contributed by atoms with Crippen LogP contribution in [0.2, 0.25) is 5.02 Å². The Hall–Kier alpha value is -2.09. The van der Waals surface area contributed by atoms with Gasteiger partial charge in [-0.05, 0) is 42.7 Å². The Balaban J connectivity index is 2.15. The molecule has 1 heterocycles. The Bertz CT molecular complexity index is 771. The summed E-state index contributed by atoms with van der Waals surface area (Å²) in [6.45, 7) is 3.96. The van der Waals surface area contributed by atoms with Crippen LogP contribution in [0.4, 0.5) is 5.00 Å². The van der Waals surface area contributed by atoms with Crippen molar-refractivity contribution < 1.29 is 4.79 Å². The van der Waals surface area contributed by atoms with E-state index in [0.29, 0.717) is 15.6 Å². The van der Waals surface area contributed by atoms with Gasteiger partial charge in [-0.25, -0.2) is 0 Å². The van der Waals surface area contributed by atoms with Gasteiger partial charge in [0.2, 0.25) is 5.91 Å². The summed E-state index contributed by atoms with van der Waals surface area (Å²) in [5, 5.41) is 13.3. The number of amides is 1. The summed E-state index contributed by atoms with van der Waals surface area (Å²) in [7, 11) is 0. The van der Waals surface area contributed by atoms with Gasteiger partial charge in [0.05, 0.1) is 5.56 Å². The normalized spacial score (nSPS) is 10.6. The lowest BCUT2D eigenvalue weighted by molar-refractivity contribution is -0.111. The standard InChI is InChI=1S/C17H15ClN2OS/c1-3-14-11(2)22-17(15(14)10-19)20-16(21)8-7-12-5-4-6-13(18)9-12/h4-9H,3H2,1-2H3,(H,20,21)/b8-7+. The van der Waals surface area contributed by atoms with Crippen LogP contribution in [0.5, 0.6) is 0 Å². The fraction of sp³-hybridized carbons (Fsp3) is 0.176. The van der Waals surface area contributed by atoms with E-state index in [9.17, 15) is 10.1 Å². The largest absolute Gasteiger partial charge is 0.313 e. The van der Waals surface area contributed by atoms with Gasteiger partial charge in [0, 0.05) is 16.0 Å². The maximum absolute atomic E-state index is 12.0. The van der Waals surface area contributed by atoms with Gasteiger partial charge in [-0.1, -0.05) is 30.7 Å². The van der Waals surface area contributed by atoms with Gasteiger partial charge in [-0.3, -0.25) is 4.79 Å². The summed E-state index contributed by atoms with van der Waals surface area (Å²) in [5.74, 6) is -0.264. The molecule has 0 bridgehead atoms. The van der Waals surface area contributed by atoms with Crippen LogP contribution in [-0.2, 0) is 11.2 Å². The molecule has 0 saturated heterocycles. The van der Waals surface area contributed by atoms with E-state index >= 15 is 0 Å². The molecule has 0 unspecified atom stereocenters. The maximum Gasteiger partial charge on any atom is 0.249 e. The summed E-state index contributed by atoms with van der Waals surface area (Å²) in [5.41, 5.74) is 2.41. The number of hydrogen-bond acceptors (Lipinski definition) is 3. The minimum absolute atomic E-state index is 0.264. The number of hydrogen-bond donors (Lipinski definition) is 1. The van der Waals surface area contributed by atoms with E-state index in [-0.39, 0.29) is 5.91 Å². The summed E-state index contributed by atoms with van der Waals surface area (Å²) >= 11 is 7.33. The third kappa shape index (κ3) is 3.76. The molecule has 1 aromatic heterocycles. The van der Waals surface area contributed by atoms with Gasteiger partial charge in [0.15, 0.2) is 0 Å². The Morgan fingerprint density at radius 2 is 2.27 bits per heavy atom. The molecule has 5 heteroatoms. The van der Waals surface area contributed by atoms with Crippen LogP contribution in [0.3, 0.4) is 0 Å². The lowest BCUT2D eigenvalue weighted by Crippen LogP contribution is -2.07. The zero-order valence-corrected chi connectivity index (χ0v) is 13.9. The predicted molar refractivity (Wildman–Crippen MR) is 92.3 cm³/mol. The van der Waals surface area contributed by atoms with Crippen molar-refractivity contribution in [2.75, 3.05) is 5.32 Å². The molecule has 0 atom stereocenters. The van der Waals surface area contributed by atoms with Crippen LogP contribution in [0.15, 0.2) is 30.3 Å². The van der Waals surface area contributed by atoms with Crippen LogP contribution in [-0.4, -0.2) is 5.91 Å². The number of aryl methyl sites for hydroxylation is 1. The Labute approximate surface area is 138 Å². The molecule has 2 rings (SSSR count). The van der Waals surface area contributed by atoms with E-state index in [1.165, 1.54) is 17.4 Å². The number of thiophene rings is 1. The molecule has 112 valence electrons. The third-order valence-corrected chi connectivity index (χ3v) is 4.48. The molecule has 0 aliphatic carbocycles. The van der Waals surface area contributed by atoms with Crippen LogP contribution < -0.4 is 5.32 Å². The molecule has 2 aromatic rings. The number of carbonyl (C=O) groups is 1. The smallest absolute Gasteiger partial charge is 0.249 e. The number of nitrogens with zero attached hydrogens (tertiary/aromatic N) is 1. The van der Waals surface area contributed by atoms with E-state index in [2.05, 4.69) is 11.4 Å². The van der Waals surface area contributed by atoms with Crippen LogP contribution in [0.1, 0.15) is 28.5 Å². The van der Waals surface area contributed by atoms with E-state index in [1.807, 2.05) is 26.0 Å². The molecule has 0 fully saturated rings. The van der Waals surface area contributed by atoms with Crippen molar-refractivity contribution >= 4 is 39.9 Å². The van der Waals surface area contributed by atoms with Crippen molar-refractivity contribution in [2.45, 2.75) is 20.3 Å². The molecule has 0 aliphatic rings. The van der Waals surface area contributed by atoms with Crippen LogP contribution in [0.25, 0.3) is 6.08 Å². The molecule has 3 nitrogen and oxygen atoms in total. The topological polar surface area (TPSA) is 52.9 Å². The number of nitrogens with one attached hydrogen (secondary N) is 1. The molecule has 0 radical (unpaired) electrons. The van der Waals surface area contributed by atoms with Crippen molar-refractivity contribution in [1.82, 2.24) is 0 Å². The molecule has 1 N–H and O–H groups in total. The Morgan fingerprint density at radius 1 is 1.50 bits per heavy atom. The van der Waals surface area contributed by atoms with Crippen molar-refractivity contribution in [3.05, 3.63) is 56.9 Å². The van der Waals surface area contributed by atoms with Crippen molar-refractivity contribution in [2.24, 2.45) is 0 Å². The van der Waals surface area contributed by atoms with Crippen LogP contribution in [0, 0.1) is 18.3 Å². The van der Waals surface area contributed by atoms with Crippen molar-refractivity contribution in [3.8, 4) is 6.07 Å². The van der Waals surface area contributed by atoms with Gasteiger partial charge in [0.25, 0.3) is 0 Å². The third-order valence-electron chi connectivity index (χ3n) is 3.19. The van der Waals surface area contributed by atoms with E-state index in [4.69, 9.17) is 11.6 Å². The number of benzene rings is 1. The summed E-state index contributed by atoms with van der Waals surface area (Å²) in [6.07, 6.45) is 3.90. The van der Waals surface area contributed by atoms with Gasteiger partial charge < -0.3 is 5.32 Å². The average Bonchev–Trinajstić information content (AvgIpc) is 2.79. The average molecular weight is 331 g/mol. The molecule has 22 heavy (non-hydrogen) atoms. The molecule has 0 saturated carbocycles. The van der Waals surface area contributed by atoms with Gasteiger partial charge in [-0.15, -0.1) is 11.3 Å². The first-order chi connectivity index (χ1) is 10.5. The maximum atomic E-state index is 12.0. The lowest BCUT2D eigenvalue weighted by atomic mass is 10.1. The van der Waals surface area contributed by atoms with E-state index in [0.717, 1.165) is 22.4 Å². The van der Waals surface area contributed by atoms with E-state index in [1.54, 1.807) is 18.2 Å². The predicted octanol–water partition coefficient (Wildman–Crippen LogP) is 4.80. The number of nitriles is 1. The van der Waals surface area contributed by atoms with Crippen molar-refractivity contribution in [3.63, 3.8) is 0 Å². The molecule has 1 aromatic carbocycles. The molecular weight excluding hydrogens is 316 g/mol. The molecule has 1 amide bonds. The molecule has 0 aliphatic heterocycles. The fourth-order valence-electron chi connectivity index (χ4n) is 2.15. The highest BCUT2D eigenvalue weighted by Gasteiger charge is 2.15. The zero-order valence-electron chi connectivity index (χ0n) is 12.3. The highest BCUT2D eigenvalue weighted by atomic mass is 35.5. The second kappa shape index (κ2) is 7.26. The van der Waals surface area contributed by atoms with Crippen LogP contribution >= 0.6 is 22.9 Å². The lowest BCUT2D eigenvalue weighted by Gasteiger charge is -2.00. The second-order valence-corrected chi connectivity index (χ2v) is 6.35. The van der Waals surface area contributed by atoms with Crippen molar-refractivity contribution in [1.29, 1.82) is 5.26 Å². The Morgan fingerprint density at radius 3 is 2.91 bits per heavy atom. The second-order valence-electron chi connectivity index (χ2n) is 4.68. The quantitative estimate of drug-likeness (QED) is 0.819. The van der Waals surface area contributed by atoms with Gasteiger partial charge in [0.1, 0.15) is 11.1 Å². The first kappa shape index (κ1) is 16.3. The highest BCUT2D eigenvalue weighted by molar-refractivity contribution is 7.16. The van der Waals surface area contributed by atoms with E-state index < -0.39 is 0 Å². The van der Waals surface area contributed by atoms with Gasteiger partial charge >= 0.3 is 0 Å². The minimum Gasteiger partial charge on any atom is -0.313 e. The number of anilines is 1. The Kier molecular flexibility index (Phi) is 5.37. The highest BCUT2D eigenvalue weighted by Crippen LogP contribution is 2.32. The first-order valence-corrected chi connectivity index (χ1v) is 8.01. The van der Waals surface area contributed by atoms with Gasteiger partial charge in [-0.2, -0.15) is 5.26 Å². The SMILES string of the molecule is CCc1c(C)sc(NC(=O)/C=C/c2cccc(Cl)c2)c1C#N. The first-order valence-electron chi connectivity index (χ1n) is 6.82.